The van der Waals surface area contributed by atoms with Crippen molar-refractivity contribution in [2.45, 2.75) is 19.8 Å². The van der Waals surface area contributed by atoms with Crippen molar-refractivity contribution in [2.75, 3.05) is 0 Å². The molecule has 0 radical (unpaired) electrons. The van der Waals surface area contributed by atoms with Gasteiger partial charge in [-0.3, -0.25) is 0 Å². The van der Waals surface area contributed by atoms with E-state index in [9.17, 15) is 10.5 Å². The molecular weight excluding hydrogens is 310 g/mol. The molecule has 0 aromatic carbocycles. The predicted octanol–water partition coefficient (Wildman–Crippen LogP) is 4.76. The lowest BCUT2D eigenvalue weighted by molar-refractivity contribution is 0.822. The van der Waals surface area contributed by atoms with Gasteiger partial charge in [0.05, 0.1) is 29.2 Å². The SMILES string of the molecule is CC1=C(C#N)C(c2ccc(-c3ccsc3)s2)C(C#N)=C(C)N1. The molecule has 22 heavy (non-hydrogen) atoms. The summed E-state index contributed by atoms with van der Waals surface area (Å²) in [6, 6.07) is 10.7. The van der Waals surface area contributed by atoms with Crippen LogP contribution in [0.15, 0.2) is 51.5 Å². The second kappa shape index (κ2) is 5.81. The molecule has 0 saturated heterocycles. The molecule has 0 saturated carbocycles. The maximum absolute atomic E-state index is 9.51. The first kappa shape index (κ1) is 14.6. The van der Waals surface area contributed by atoms with Crippen molar-refractivity contribution in [3.8, 4) is 22.6 Å². The van der Waals surface area contributed by atoms with Gasteiger partial charge in [-0.1, -0.05) is 0 Å². The van der Waals surface area contributed by atoms with Crippen LogP contribution in [0.1, 0.15) is 24.6 Å². The molecule has 0 aliphatic carbocycles. The smallest absolute Gasteiger partial charge is 0.0976 e. The molecule has 3 heterocycles. The topological polar surface area (TPSA) is 59.6 Å². The number of hydrogen-bond acceptors (Lipinski definition) is 5. The maximum atomic E-state index is 9.51. The lowest BCUT2D eigenvalue weighted by atomic mass is 9.86. The molecule has 0 unspecified atom stereocenters. The zero-order valence-electron chi connectivity index (χ0n) is 12.2. The molecule has 0 bridgehead atoms. The van der Waals surface area contributed by atoms with E-state index in [1.165, 1.54) is 10.4 Å². The molecule has 1 aliphatic rings. The molecule has 3 nitrogen and oxygen atoms in total. The maximum Gasteiger partial charge on any atom is 0.0976 e. The third kappa shape index (κ3) is 2.35. The molecule has 2 aromatic heterocycles. The quantitative estimate of drug-likeness (QED) is 0.867. The minimum absolute atomic E-state index is 0.256. The number of thiophene rings is 2. The van der Waals surface area contributed by atoms with Gasteiger partial charge in [-0.25, -0.2) is 0 Å². The predicted molar refractivity (Wildman–Crippen MR) is 90.1 cm³/mol. The van der Waals surface area contributed by atoms with Crippen LogP contribution in [0.3, 0.4) is 0 Å². The Bertz CT molecular complexity index is 819. The second-order valence-corrected chi connectivity index (χ2v) is 6.97. The number of rotatable bonds is 2. The molecule has 0 atom stereocenters. The molecule has 2 aromatic rings. The minimum atomic E-state index is -0.256. The summed E-state index contributed by atoms with van der Waals surface area (Å²) in [5.41, 5.74) is 4.10. The molecule has 1 aliphatic heterocycles. The Hall–Kier alpha value is -2.34. The lowest BCUT2D eigenvalue weighted by Gasteiger charge is -2.25. The normalized spacial score (nSPS) is 15.5. The summed E-state index contributed by atoms with van der Waals surface area (Å²) in [4.78, 5) is 2.20. The Balaban J connectivity index is 2.10. The van der Waals surface area contributed by atoms with E-state index in [4.69, 9.17) is 0 Å². The van der Waals surface area contributed by atoms with Gasteiger partial charge in [0.2, 0.25) is 0 Å². The number of hydrogen-bond donors (Lipinski definition) is 1. The van der Waals surface area contributed by atoms with Crippen LogP contribution in [0.5, 0.6) is 0 Å². The van der Waals surface area contributed by atoms with Gasteiger partial charge in [-0.15, -0.1) is 11.3 Å². The Labute approximate surface area is 137 Å². The Morgan fingerprint density at radius 3 is 2.27 bits per heavy atom. The fourth-order valence-electron chi connectivity index (χ4n) is 2.64. The van der Waals surface area contributed by atoms with Crippen LogP contribution in [0.4, 0.5) is 0 Å². The van der Waals surface area contributed by atoms with Crippen molar-refractivity contribution in [1.29, 1.82) is 10.5 Å². The van der Waals surface area contributed by atoms with E-state index < -0.39 is 0 Å². The highest BCUT2D eigenvalue weighted by molar-refractivity contribution is 7.16. The summed E-state index contributed by atoms with van der Waals surface area (Å²) in [5, 5.41) is 26.3. The standard InChI is InChI=1S/C17H13N3S2/c1-10-13(7-18)17(14(8-19)11(2)20-10)16-4-3-15(22-16)12-5-6-21-9-12/h3-6,9,17,20H,1-2H3. The van der Waals surface area contributed by atoms with E-state index in [1.54, 1.807) is 22.7 Å². The van der Waals surface area contributed by atoms with Crippen molar-refractivity contribution in [3.05, 3.63) is 56.4 Å². The van der Waals surface area contributed by atoms with Crippen LogP contribution in [0, 0.1) is 22.7 Å². The fraction of sp³-hybridized carbons (Fsp3) is 0.176. The molecule has 0 amide bonds. The van der Waals surface area contributed by atoms with Gasteiger partial charge in [0.1, 0.15) is 0 Å². The van der Waals surface area contributed by atoms with E-state index in [0.29, 0.717) is 11.1 Å². The average Bonchev–Trinajstić information content (AvgIpc) is 3.17. The number of nitrogens with zero attached hydrogens (tertiary/aromatic N) is 2. The summed E-state index contributed by atoms with van der Waals surface area (Å²) in [6.45, 7) is 3.77. The third-order valence-electron chi connectivity index (χ3n) is 3.72. The minimum Gasteiger partial charge on any atom is -0.361 e. The van der Waals surface area contributed by atoms with Gasteiger partial charge < -0.3 is 5.32 Å². The van der Waals surface area contributed by atoms with Crippen LogP contribution in [-0.4, -0.2) is 0 Å². The van der Waals surface area contributed by atoms with Gasteiger partial charge in [-0.2, -0.15) is 21.9 Å². The highest BCUT2D eigenvalue weighted by atomic mass is 32.1. The van der Waals surface area contributed by atoms with Crippen molar-refractivity contribution in [1.82, 2.24) is 5.32 Å². The van der Waals surface area contributed by atoms with Crippen LogP contribution < -0.4 is 5.32 Å². The van der Waals surface area contributed by atoms with E-state index in [2.05, 4.69) is 40.3 Å². The number of allylic oxidation sites excluding steroid dienone is 4. The summed E-state index contributed by atoms with van der Waals surface area (Å²) in [7, 11) is 0. The van der Waals surface area contributed by atoms with E-state index >= 15 is 0 Å². The largest absolute Gasteiger partial charge is 0.361 e. The Morgan fingerprint density at radius 1 is 1.05 bits per heavy atom. The van der Waals surface area contributed by atoms with Crippen molar-refractivity contribution < 1.29 is 0 Å². The fourth-order valence-corrected chi connectivity index (χ4v) is 4.50. The van der Waals surface area contributed by atoms with Gasteiger partial charge in [0, 0.05) is 26.7 Å². The van der Waals surface area contributed by atoms with Crippen molar-refractivity contribution in [3.63, 3.8) is 0 Å². The summed E-state index contributed by atoms with van der Waals surface area (Å²) in [6.07, 6.45) is 0. The summed E-state index contributed by atoms with van der Waals surface area (Å²) < 4.78 is 0. The monoisotopic (exact) mass is 323 g/mol. The number of nitrogens with one attached hydrogen (secondary N) is 1. The molecule has 5 heteroatoms. The Kier molecular flexibility index (Phi) is 3.85. The highest BCUT2D eigenvalue weighted by Gasteiger charge is 2.30. The van der Waals surface area contributed by atoms with Crippen LogP contribution >= 0.6 is 22.7 Å². The first-order valence-corrected chi connectivity index (χ1v) is 8.52. The second-order valence-electron chi connectivity index (χ2n) is 5.07. The number of dihydropyridines is 1. The molecular formula is C17H13N3S2. The van der Waals surface area contributed by atoms with Gasteiger partial charge in [0.15, 0.2) is 0 Å². The van der Waals surface area contributed by atoms with Gasteiger partial charge in [-0.05, 0) is 42.8 Å². The van der Waals surface area contributed by atoms with E-state index in [0.717, 1.165) is 16.3 Å². The molecule has 0 fully saturated rings. The van der Waals surface area contributed by atoms with Gasteiger partial charge in [0.25, 0.3) is 0 Å². The van der Waals surface area contributed by atoms with Crippen LogP contribution in [0.25, 0.3) is 10.4 Å². The first-order valence-electron chi connectivity index (χ1n) is 6.76. The van der Waals surface area contributed by atoms with Crippen molar-refractivity contribution in [2.24, 2.45) is 0 Å². The first-order chi connectivity index (χ1) is 10.7. The zero-order chi connectivity index (χ0) is 15.7. The van der Waals surface area contributed by atoms with Crippen LogP contribution in [0.2, 0.25) is 0 Å². The lowest BCUT2D eigenvalue weighted by Crippen LogP contribution is -2.22. The molecule has 0 spiro atoms. The van der Waals surface area contributed by atoms with E-state index in [1.807, 2.05) is 19.9 Å². The highest BCUT2D eigenvalue weighted by Crippen LogP contribution is 2.42. The average molecular weight is 323 g/mol. The molecule has 3 rings (SSSR count). The summed E-state index contributed by atoms with van der Waals surface area (Å²) >= 11 is 3.31. The molecule has 1 N–H and O–H groups in total. The van der Waals surface area contributed by atoms with Crippen molar-refractivity contribution >= 4 is 22.7 Å². The molecule has 108 valence electrons. The van der Waals surface area contributed by atoms with Crippen LogP contribution in [-0.2, 0) is 0 Å². The summed E-state index contributed by atoms with van der Waals surface area (Å²) in [5.74, 6) is -0.256. The third-order valence-corrected chi connectivity index (χ3v) is 5.60. The Morgan fingerprint density at radius 2 is 1.73 bits per heavy atom. The van der Waals surface area contributed by atoms with E-state index in [-0.39, 0.29) is 5.92 Å². The number of nitriles is 2. The van der Waals surface area contributed by atoms with Gasteiger partial charge >= 0.3 is 0 Å². The zero-order valence-corrected chi connectivity index (χ0v) is 13.8.